The first-order valence-corrected chi connectivity index (χ1v) is 4.24. The van der Waals surface area contributed by atoms with Gasteiger partial charge in [-0.3, -0.25) is 4.84 Å². The van der Waals surface area contributed by atoms with Crippen molar-refractivity contribution in [3.8, 4) is 6.07 Å². The van der Waals surface area contributed by atoms with E-state index in [1.807, 2.05) is 30.3 Å². The van der Waals surface area contributed by atoms with Crippen LogP contribution in [0.25, 0.3) is 10.9 Å². The molecule has 0 atom stereocenters. The van der Waals surface area contributed by atoms with Gasteiger partial charge in [-0.25, -0.2) is 0 Å². The molecule has 0 spiro atoms. The second-order valence-electron chi connectivity index (χ2n) is 2.91. The molecule has 1 heterocycles. The Morgan fingerprint density at radius 3 is 2.86 bits per heavy atom. The summed E-state index contributed by atoms with van der Waals surface area (Å²) in [4.78, 5) is 5.14. The number of nitriles is 1. The van der Waals surface area contributed by atoms with Gasteiger partial charge in [-0.2, -0.15) is 5.26 Å². The highest BCUT2D eigenvalue weighted by molar-refractivity contribution is 5.76. The zero-order valence-corrected chi connectivity index (χ0v) is 7.77. The van der Waals surface area contributed by atoms with Gasteiger partial charge in [0.25, 0.3) is 5.52 Å². The molecule has 3 heteroatoms. The van der Waals surface area contributed by atoms with Crippen LogP contribution in [0, 0.1) is 11.3 Å². The average Bonchev–Trinajstić information content (AvgIpc) is 2.27. The van der Waals surface area contributed by atoms with Gasteiger partial charge in [-0.1, -0.05) is 12.1 Å². The first-order valence-electron chi connectivity index (χ1n) is 4.24. The topological polar surface area (TPSA) is 36.9 Å². The third kappa shape index (κ3) is 1.27. The number of benzene rings is 1. The zero-order valence-electron chi connectivity index (χ0n) is 7.77. The van der Waals surface area contributed by atoms with E-state index in [2.05, 4.69) is 6.07 Å². The lowest BCUT2D eigenvalue weighted by atomic mass is 10.2. The monoisotopic (exact) mass is 185 g/mol. The molecule has 0 aliphatic carbocycles. The Kier molecular flexibility index (Phi) is 2.04. The van der Waals surface area contributed by atoms with Crippen LogP contribution in [0.2, 0.25) is 0 Å². The van der Waals surface area contributed by atoms with Gasteiger partial charge in [0.1, 0.15) is 18.7 Å². The van der Waals surface area contributed by atoms with Crippen LogP contribution in [-0.2, 0) is 0 Å². The summed E-state index contributed by atoms with van der Waals surface area (Å²) in [5.74, 6) is 0. The van der Waals surface area contributed by atoms with Crippen molar-refractivity contribution in [3.05, 3.63) is 42.1 Å². The maximum Gasteiger partial charge on any atom is 0.264 e. The molecule has 0 saturated carbocycles. The fourth-order valence-corrected chi connectivity index (χ4v) is 1.42. The quantitative estimate of drug-likeness (QED) is 0.623. The molecule has 2 rings (SSSR count). The number of nitrogens with zero attached hydrogens (tertiary/aromatic N) is 2. The SMILES string of the molecule is CO[n+]1cc(C#N)cc2ccccc21. The molecular weight excluding hydrogens is 176 g/mol. The van der Waals surface area contributed by atoms with E-state index < -0.39 is 0 Å². The van der Waals surface area contributed by atoms with Crippen LogP contribution in [0.3, 0.4) is 0 Å². The van der Waals surface area contributed by atoms with E-state index in [0.717, 1.165) is 10.9 Å². The van der Waals surface area contributed by atoms with Crippen LogP contribution >= 0.6 is 0 Å². The van der Waals surface area contributed by atoms with Crippen molar-refractivity contribution in [2.24, 2.45) is 0 Å². The van der Waals surface area contributed by atoms with E-state index in [1.165, 1.54) is 0 Å². The van der Waals surface area contributed by atoms with E-state index in [9.17, 15) is 0 Å². The Morgan fingerprint density at radius 2 is 2.14 bits per heavy atom. The molecule has 1 aromatic heterocycles. The molecule has 0 fully saturated rings. The van der Waals surface area contributed by atoms with Crippen LogP contribution < -0.4 is 9.57 Å². The molecule has 1 aromatic carbocycles. The van der Waals surface area contributed by atoms with Crippen molar-refractivity contribution in [1.29, 1.82) is 5.26 Å². The molecule has 14 heavy (non-hydrogen) atoms. The fourth-order valence-electron chi connectivity index (χ4n) is 1.42. The Hall–Kier alpha value is -2.08. The predicted octanol–water partition coefficient (Wildman–Crippen LogP) is 1.06. The molecule has 0 N–H and O–H groups in total. The number of pyridine rings is 1. The number of fused-ring (bicyclic) bond motifs is 1. The van der Waals surface area contributed by atoms with Gasteiger partial charge in [0.15, 0.2) is 0 Å². The van der Waals surface area contributed by atoms with Crippen molar-refractivity contribution in [1.82, 2.24) is 0 Å². The minimum atomic E-state index is 0.588. The van der Waals surface area contributed by atoms with E-state index in [0.29, 0.717) is 5.56 Å². The zero-order chi connectivity index (χ0) is 9.97. The van der Waals surface area contributed by atoms with Crippen LogP contribution in [0.5, 0.6) is 0 Å². The third-order valence-corrected chi connectivity index (χ3v) is 2.07. The highest BCUT2D eigenvalue weighted by Gasteiger charge is 2.10. The van der Waals surface area contributed by atoms with E-state index in [1.54, 1.807) is 18.0 Å². The van der Waals surface area contributed by atoms with Crippen LogP contribution in [0.1, 0.15) is 5.56 Å². The fraction of sp³-hybridized carbons (Fsp3) is 0.0909. The molecule has 0 aliphatic heterocycles. The molecule has 0 bridgehead atoms. The number of aromatic nitrogens is 1. The van der Waals surface area contributed by atoms with Crippen molar-refractivity contribution < 1.29 is 9.57 Å². The summed E-state index contributed by atoms with van der Waals surface area (Å²) in [6.45, 7) is 0. The molecule has 0 unspecified atom stereocenters. The van der Waals surface area contributed by atoms with Crippen LogP contribution in [-0.4, -0.2) is 7.11 Å². The number of hydrogen-bond acceptors (Lipinski definition) is 2. The Labute approximate surface area is 81.7 Å². The Morgan fingerprint density at radius 1 is 1.36 bits per heavy atom. The largest absolute Gasteiger partial charge is 0.274 e. The second kappa shape index (κ2) is 3.35. The van der Waals surface area contributed by atoms with Gasteiger partial charge in [0, 0.05) is 10.8 Å². The number of rotatable bonds is 1. The summed E-state index contributed by atoms with van der Waals surface area (Å²) >= 11 is 0. The summed E-state index contributed by atoms with van der Waals surface area (Å²) in [5.41, 5.74) is 1.54. The summed E-state index contributed by atoms with van der Waals surface area (Å²) in [7, 11) is 1.58. The van der Waals surface area contributed by atoms with Gasteiger partial charge in [-0.15, -0.1) is 0 Å². The second-order valence-corrected chi connectivity index (χ2v) is 2.91. The minimum Gasteiger partial charge on any atom is -0.274 e. The molecule has 68 valence electrons. The normalized spacial score (nSPS) is 9.71. The maximum atomic E-state index is 8.80. The van der Waals surface area contributed by atoms with Gasteiger partial charge in [-0.05, 0) is 12.1 Å². The lowest BCUT2D eigenvalue weighted by Crippen LogP contribution is -2.41. The van der Waals surface area contributed by atoms with E-state index in [4.69, 9.17) is 10.1 Å². The van der Waals surface area contributed by atoms with Crippen molar-refractivity contribution in [3.63, 3.8) is 0 Å². The van der Waals surface area contributed by atoms with Gasteiger partial charge in [0.2, 0.25) is 6.20 Å². The first-order chi connectivity index (χ1) is 6.85. The molecule has 0 aliphatic rings. The maximum absolute atomic E-state index is 8.80. The Bertz CT molecular complexity index is 514. The van der Waals surface area contributed by atoms with Gasteiger partial charge < -0.3 is 0 Å². The van der Waals surface area contributed by atoms with Crippen molar-refractivity contribution in [2.45, 2.75) is 0 Å². The van der Waals surface area contributed by atoms with Gasteiger partial charge in [0.05, 0.1) is 5.39 Å². The average molecular weight is 185 g/mol. The summed E-state index contributed by atoms with van der Waals surface area (Å²) in [6, 6.07) is 11.7. The highest BCUT2D eigenvalue weighted by atomic mass is 16.6. The minimum absolute atomic E-state index is 0.588. The van der Waals surface area contributed by atoms with Gasteiger partial charge >= 0.3 is 0 Å². The summed E-state index contributed by atoms with van der Waals surface area (Å²) in [6.07, 6.45) is 1.67. The first kappa shape index (κ1) is 8.52. The molecular formula is C11H9N2O+. The summed E-state index contributed by atoms with van der Waals surface area (Å²) in [5, 5.41) is 9.79. The molecule has 0 radical (unpaired) electrons. The smallest absolute Gasteiger partial charge is 0.264 e. The lowest BCUT2D eigenvalue weighted by Gasteiger charge is -1.96. The molecule has 0 amide bonds. The number of para-hydroxylation sites is 1. The lowest BCUT2D eigenvalue weighted by molar-refractivity contribution is -0.865. The van der Waals surface area contributed by atoms with E-state index in [-0.39, 0.29) is 0 Å². The van der Waals surface area contributed by atoms with Crippen LogP contribution in [0.15, 0.2) is 36.5 Å². The Balaban J connectivity index is 2.81. The van der Waals surface area contributed by atoms with E-state index >= 15 is 0 Å². The third-order valence-electron chi connectivity index (χ3n) is 2.07. The number of hydrogen-bond donors (Lipinski definition) is 0. The predicted molar refractivity (Wildman–Crippen MR) is 51.4 cm³/mol. The molecule has 3 nitrogen and oxygen atoms in total. The molecule has 2 aromatic rings. The van der Waals surface area contributed by atoms with Crippen molar-refractivity contribution in [2.75, 3.05) is 7.11 Å². The summed E-state index contributed by atoms with van der Waals surface area (Å²) < 4.78 is 1.59. The van der Waals surface area contributed by atoms with Crippen molar-refractivity contribution >= 4 is 10.9 Å². The highest BCUT2D eigenvalue weighted by Crippen LogP contribution is 2.10. The standard InChI is InChI=1S/C11H9N2O/c1-14-13-8-9(7-12)6-10-4-2-3-5-11(10)13/h2-6,8H,1H3/q+1. The van der Waals surface area contributed by atoms with Crippen LogP contribution in [0.4, 0.5) is 0 Å². The molecule has 0 saturated heterocycles.